The summed E-state index contributed by atoms with van der Waals surface area (Å²) in [7, 11) is 1.67. The molecule has 1 atom stereocenters. The van der Waals surface area contributed by atoms with Crippen molar-refractivity contribution in [1.29, 1.82) is 0 Å². The summed E-state index contributed by atoms with van der Waals surface area (Å²) >= 11 is 6.15. The Morgan fingerprint density at radius 2 is 2.07 bits per heavy atom. The number of aryl methyl sites for hydroxylation is 1. The molecular formula is C20H29ClN4O2. The van der Waals surface area contributed by atoms with Crippen LogP contribution < -0.4 is 10.2 Å². The Morgan fingerprint density at radius 1 is 1.30 bits per heavy atom. The highest BCUT2D eigenvalue weighted by Crippen LogP contribution is 2.26. The third-order valence-electron chi connectivity index (χ3n) is 4.49. The molecule has 6 nitrogen and oxygen atoms in total. The summed E-state index contributed by atoms with van der Waals surface area (Å²) in [5.74, 6) is 1.62. The maximum absolute atomic E-state index is 12.2. The zero-order valence-electron chi connectivity index (χ0n) is 16.6. The van der Waals surface area contributed by atoms with Gasteiger partial charge < -0.3 is 15.0 Å². The van der Waals surface area contributed by atoms with Gasteiger partial charge in [0.1, 0.15) is 11.6 Å². The molecule has 7 heteroatoms. The van der Waals surface area contributed by atoms with Crippen LogP contribution in [0.3, 0.4) is 0 Å². The van der Waals surface area contributed by atoms with Crippen molar-refractivity contribution in [1.82, 2.24) is 15.3 Å². The zero-order valence-corrected chi connectivity index (χ0v) is 17.3. The number of benzene rings is 1. The molecule has 0 saturated carbocycles. The summed E-state index contributed by atoms with van der Waals surface area (Å²) in [5.41, 5.74) is 0.816. The number of nitrogens with zero attached hydrogens (tertiary/aromatic N) is 3. The standard InChI is InChI=1S/C20H29ClN4O2/c1-5-14(3)22-19(26)9-10-25(11-12-27-4)20-16-8-7-15(21)13-17(16)23-18(6-2)24-20/h7-8,13-14H,5-6,9-12H2,1-4H3,(H,22,26). The predicted octanol–water partition coefficient (Wildman–Crippen LogP) is 3.60. The molecule has 1 amide bonds. The summed E-state index contributed by atoms with van der Waals surface area (Å²) in [5, 5.41) is 4.58. The highest BCUT2D eigenvalue weighted by molar-refractivity contribution is 6.31. The second-order valence-corrected chi connectivity index (χ2v) is 7.02. The molecule has 1 unspecified atom stereocenters. The number of methoxy groups -OCH3 is 1. The highest BCUT2D eigenvalue weighted by atomic mass is 35.5. The Labute approximate surface area is 166 Å². The van der Waals surface area contributed by atoms with Gasteiger partial charge in [-0.3, -0.25) is 4.79 Å². The van der Waals surface area contributed by atoms with Crippen molar-refractivity contribution in [2.24, 2.45) is 0 Å². The van der Waals surface area contributed by atoms with E-state index in [1.54, 1.807) is 7.11 Å². The molecule has 0 spiro atoms. The summed E-state index contributed by atoms with van der Waals surface area (Å²) in [6.45, 7) is 7.84. The molecule has 2 aromatic rings. The highest BCUT2D eigenvalue weighted by Gasteiger charge is 2.16. The number of aromatic nitrogens is 2. The van der Waals surface area contributed by atoms with E-state index in [0.29, 0.717) is 31.1 Å². The van der Waals surface area contributed by atoms with E-state index in [1.807, 2.05) is 32.0 Å². The Kier molecular flexibility index (Phi) is 8.25. The normalized spacial score (nSPS) is 12.2. The molecule has 0 radical (unpaired) electrons. The lowest BCUT2D eigenvalue weighted by molar-refractivity contribution is -0.121. The van der Waals surface area contributed by atoms with Crippen LogP contribution in [0.2, 0.25) is 5.02 Å². The van der Waals surface area contributed by atoms with E-state index in [0.717, 1.165) is 35.4 Å². The van der Waals surface area contributed by atoms with Gasteiger partial charge >= 0.3 is 0 Å². The van der Waals surface area contributed by atoms with Crippen LogP contribution >= 0.6 is 11.6 Å². The molecule has 0 aliphatic carbocycles. The van der Waals surface area contributed by atoms with Crippen LogP contribution in [-0.2, 0) is 16.0 Å². The number of halogens is 1. The predicted molar refractivity (Wildman–Crippen MR) is 111 cm³/mol. The van der Waals surface area contributed by atoms with Crippen LogP contribution in [-0.4, -0.2) is 48.7 Å². The second kappa shape index (κ2) is 10.4. The first-order valence-electron chi connectivity index (χ1n) is 9.47. The van der Waals surface area contributed by atoms with Gasteiger partial charge in [-0.1, -0.05) is 25.4 Å². The summed E-state index contributed by atoms with van der Waals surface area (Å²) in [4.78, 5) is 23.7. The number of anilines is 1. The minimum atomic E-state index is 0.0453. The topological polar surface area (TPSA) is 67.4 Å². The van der Waals surface area contributed by atoms with Crippen LogP contribution in [0.15, 0.2) is 18.2 Å². The fourth-order valence-electron chi connectivity index (χ4n) is 2.74. The number of hydrogen-bond donors (Lipinski definition) is 1. The van der Waals surface area contributed by atoms with Crippen LogP contribution in [0.1, 0.15) is 39.4 Å². The first-order valence-corrected chi connectivity index (χ1v) is 9.85. The summed E-state index contributed by atoms with van der Waals surface area (Å²) in [6, 6.07) is 5.81. The van der Waals surface area contributed by atoms with E-state index < -0.39 is 0 Å². The number of carbonyl (C=O) groups excluding carboxylic acids is 1. The van der Waals surface area contributed by atoms with Crippen LogP contribution in [0.25, 0.3) is 10.9 Å². The quantitative estimate of drug-likeness (QED) is 0.669. The van der Waals surface area contributed by atoms with Gasteiger partial charge in [-0.15, -0.1) is 0 Å². The first-order chi connectivity index (χ1) is 13.0. The third-order valence-corrected chi connectivity index (χ3v) is 4.73. The van der Waals surface area contributed by atoms with E-state index in [9.17, 15) is 4.79 Å². The van der Waals surface area contributed by atoms with Crippen molar-refractivity contribution < 1.29 is 9.53 Å². The van der Waals surface area contributed by atoms with Gasteiger partial charge in [0.2, 0.25) is 5.91 Å². The Bertz CT molecular complexity index is 769. The number of amides is 1. The van der Waals surface area contributed by atoms with Crippen molar-refractivity contribution in [2.45, 2.75) is 46.1 Å². The Hall–Kier alpha value is -1.92. The van der Waals surface area contributed by atoms with Crippen molar-refractivity contribution in [3.8, 4) is 0 Å². The number of carbonyl (C=O) groups is 1. The monoisotopic (exact) mass is 392 g/mol. The molecule has 2 rings (SSSR count). The van der Waals surface area contributed by atoms with Gasteiger partial charge in [0.25, 0.3) is 0 Å². The van der Waals surface area contributed by atoms with Crippen LogP contribution in [0.4, 0.5) is 5.82 Å². The SMILES string of the molecule is CCc1nc(N(CCOC)CCC(=O)NC(C)CC)c2ccc(Cl)cc2n1. The molecule has 0 fully saturated rings. The Morgan fingerprint density at radius 3 is 2.74 bits per heavy atom. The lowest BCUT2D eigenvalue weighted by Gasteiger charge is -2.25. The largest absolute Gasteiger partial charge is 0.383 e. The molecule has 1 N–H and O–H groups in total. The molecule has 1 aromatic heterocycles. The zero-order chi connectivity index (χ0) is 19.8. The van der Waals surface area contributed by atoms with Gasteiger partial charge in [0, 0.05) is 49.5 Å². The second-order valence-electron chi connectivity index (χ2n) is 6.59. The van der Waals surface area contributed by atoms with E-state index in [1.165, 1.54) is 0 Å². The number of ether oxygens (including phenoxy) is 1. The molecule has 1 heterocycles. The maximum atomic E-state index is 12.2. The minimum absolute atomic E-state index is 0.0453. The summed E-state index contributed by atoms with van der Waals surface area (Å²) < 4.78 is 5.26. The lowest BCUT2D eigenvalue weighted by Crippen LogP contribution is -2.36. The van der Waals surface area contributed by atoms with E-state index in [2.05, 4.69) is 22.1 Å². The van der Waals surface area contributed by atoms with Gasteiger partial charge in [-0.05, 0) is 31.5 Å². The maximum Gasteiger partial charge on any atom is 0.221 e. The molecule has 0 aliphatic rings. The van der Waals surface area contributed by atoms with E-state index in [-0.39, 0.29) is 11.9 Å². The number of hydrogen-bond acceptors (Lipinski definition) is 5. The lowest BCUT2D eigenvalue weighted by atomic mass is 10.2. The number of rotatable bonds is 10. The molecule has 0 saturated heterocycles. The molecule has 0 bridgehead atoms. The summed E-state index contributed by atoms with van der Waals surface area (Å²) in [6.07, 6.45) is 2.03. The molecular weight excluding hydrogens is 364 g/mol. The fraction of sp³-hybridized carbons (Fsp3) is 0.550. The van der Waals surface area contributed by atoms with E-state index >= 15 is 0 Å². The van der Waals surface area contributed by atoms with Crippen molar-refractivity contribution in [2.75, 3.05) is 31.7 Å². The molecule has 148 valence electrons. The van der Waals surface area contributed by atoms with Gasteiger partial charge in [-0.25, -0.2) is 9.97 Å². The van der Waals surface area contributed by atoms with Crippen molar-refractivity contribution in [3.05, 3.63) is 29.0 Å². The average Bonchev–Trinajstić information content (AvgIpc) is 2.66. The van der Waals surface area contributed by atoms with E-state index in [4.69, 9.17) is 21.3 Å². The molecule has 0 aliphatic heterocycles. The smallest absolute Gasteiger partial charge is 0.221 e. The van der Waals surface area contributed by atoms with Crippen molar-refractivity contribution in [3.63, 3.8) is 0 Å². The van der Waals surface area contributed by atoms with Gasteiger partial charge in [-0.2, -0.15) is 0 Å². The first kappa shape index (κ1) is 21.4. The Balaban J connectivity index is 2.30. The van der Waals surface area contributed by atoms with Gasteiger partial charge in [0.05, 0.1) is 12.1 Å². The van der Waals surface area contributed by atoms with Crippen molar-refractivity contribution >= 4 is 34.2 Å². The van der Waals surface area contributed by atoms with Crippen LogP contribution in [0, 0.1) is 0 Å². The number of fused-ring (bicyclic) bond motifs is 1. The van der Waals surface area contributed by atoms with Gasteiger partial charge in [0.15, 0.2) is 0 Å². The fourth-order valence-corrected chi connectivity index (χ4v) is 2.91. The van der Waals surface area contributed by atoms with Crippen LogP contribution in [0.5, 0.6) is 0 Å². The third kappa shape index (κ3) is 6.04. The average molecular weight is 393 g/mol. The molecule has 27 heavy (non-hydrogen) atoms. The number of nitrogens with one attached hydrogen (secondary N) is 1. The molecule has 1 aromatic carbocycles. The minimum Gasteiger partial charge on any atom is -0.383 e.